The summed E-state index contributed by atoms with van der Waals surface area (Å²) in [6, 6.07) is 4.95. The smallest absolute Gasteiger partial charge is 0.279 e. The molecule has 0 fully saturated rings. The van der Waals surface area contributed by atoms with E-state index in [2.05, 4.69) is 15.3 Å². The second kappa shape index (κ2) is 5.44. The van der Waals surface area contributed by atoms with Crippen molar-refractivity contribution in [1.82, 2.24) is 4.98 Å². The summed E-state index contributed by atoms with van der Waals surface area (Å²) in [7, 11) is 0. The number of rotatable bonds is 4. The Morgan fingerprint density at radius 3 is 2.95 bits per heavy atom. The van der Waals surface area contributed by atoms with Crippen molar-refractivity contribution in [3.63, 3.8) is 0 Å². The number of fused-ring (bicyclic) bond motifs is 1. The molecule has 2 aromatic rings. The van der Waals surface area contributed by atoms with Crippen LogP contribution in [-0.4, -0.2) is 34.3 Å². The van der Waals surface area contributed by atoms with Crippen molar-refractivity contribution in [2.75, 3.05) is 18.5 Å². The van der Waals surface area contributed by atoms with Gasteiger partial charge in [0.25, 0.3) is 5.91 Å². The Morgan fingerprint density at radius 1 is 1.38 bits per heavy atom. The van der Waals surface area contributed by atoms with E-state index < -0.39 is 5.91 Å². The Morgan fingerprint density at radius 2 is 2.19 bits per heavy atom. The van der Waals surface area contributed by atoms with Gasteiger partial charge in [0, 0.05) is 16.8 Å². The standard InChI is InChI=1S/C13H10ClN3O3S/c14-6-1-2-8-7(5-6)9(11(19)16-8)10-12(20)17-13(21-10)15-3-4-18/h1-2,5,18,20H,3-4H2,(H,15,17). The summed E-state index contributed by atoms with van der Waals surface area (Å²) >= 11 is 7.08. The molecule has 3 N–H and O–H groups in total. The molecule has 1 aliphatic rings. The van der Waals surface area contributed by atoms with Crippen LogP contribution in [0.15, 0.2) is 23.2 Å². The Bertz CT molecular complexity index is 847. The lowest BCUT2D eigenvalue weighted by molar-refractivity contribution is -0.112. The molecular formula is C13H10ClN3O3S. The third-order valence-corrected chi connectivity index (χ3v) is 4.14. The predicted molar refractivity (Wildman–Crippen MR) is 79.1 cm³/mol. The molecule has 2 heterocycles. The van der Waals surface area contributed by atoms with Crippen LogP contribution in [0.1, 0.15) is 4.88 Å². The zero-order valence-corrected chi connectivity index (χ0v) is 12.2. The molecule has 0 spiro atoms. The van der Waals surface area contributed by atoms with Crippen LogP contribution in [0.3, 0.4) is 0 Å². The molecule has 3 rings (SSSR count). The highest BCUT2D eigenvalue weighted by Gasteiger charge is 2.24. The summed E-state index contributed by atoms with van der Waals surface area (Å²) in [6.45, 7) is 0.251. The minimum absolute atomic E-state index is 0.0566. The van der Waals surface area contributed by atoms with Crippen LogP contribution >= 0.6 is 22.9 Å². The first-order valence-electron chi connectivity index (χ1n) is 6.08. The number of benzene rings is 1. The van der Waals surface area contributed by atoms with Gasteiger partial charge in [0.15, 0.2) is 5.13 Å². The van der Waals surface area contributed by atoms with Crippen molar-refractivity contribution in [2.24, 2.45) is 4.99 Å². The number of carbonyl (C=O) groups is 1. The van der Waals surface area contributed by atoms with Crippen LogP contribution in [0, 0.1) is 0 Å². The fraction of sp³-hybridized carbons (Fsp3) is 0.154. The molecule has 0 saturated carbocycles. The van der Waals surface area contributed by atoms with Gasteiger partial charge in [-0.25, -0.2) is 4.99 Å². The number of thiazole rings is 1. The van der Waals surface area contributed by atoms with Gasteiger partial charge >= 0.3 is 0 Å². The van der Waals surface area contributed by atoms with Crippen LogP contribution in [0.5, 0.6) is 5.88 Å². The number of halogens is 1. The predicted octanol–water partition coefficient (Wildman–Crippen LogP) is 0.265. The van der Waals surface area contributed by atoms with Crippen LogP contribution in [0.2, 0.25) is 5.02 Å². The number of amides is 1. The lowest BCUT2D eigenvalue weighted by Gasteiger charge is -1.97. The van der Waals surface area contributed by atoms with Crippen molar-refractivity contribution in [1.29, 1.82) is 0 Å². The number of aliphatic hydroxyl groups excluding tert-OH is 1. The number of hydrogen-bond donors (Lipinski definition) is 3. The molecule has 1 amide bonds. The normalized spacial score (nSPS) is 13.2. The van der Waals surface area contributed by atoms with E-state index in [1.807, 2.05) is 0 Å². The monoisotopic (exact) mass is 323 g/mol. The molecule has 108 valence electrons. The van der Waals surface area contributed by atoms with E-state index in [4.69, 9.17) is 16.7 Å². The van der Waals surface area contributed by atoms with Gasteiger partial charge in [-0.1, -0.05) is 22.9 Å². The number of carbonyl (C=O) groups excluding carboxylic acids is 1. The first kappa shape index (κ1) is 14.0. The summed E-state index contributed by atoms with van der Waals surface area (Å²) in [5, 5.41) is 23.6. The van der Waals surface area contributed by atoms with Crippen molar-refractivity contribution < 1.29 is 15.0 Å². The zero-order chi connectivity index (χ0) is 15.0. The minimum atomic E-state index is -0.431. The Labute approximate surface area is 128 Å². The molecule has 0 bridgehead atoms. The van der Waals surface area contributed by atoms with Gasteiger partial charge in [-0.05, 0) is 18.2 Å². The molecular weight excluding hydrogens is 314 g/mol. The molecule has 0 unspecified atom stereocenters. The lowest BCUT2D eigenvalue weighted by atomic mass is 10.1. The van der Waals surface area contributed by atoms with Gasteiger partial charge < -0.3 is 15.5 Å². The van der Waals surface area contributed by atoms with Crippen LogP contribution < -0.4 is 15.9 Å². The number of aliphatic hydroxyl groups is 1. The summed E-state index contributed by atoms with van der Waals surface area (Å²) in [6.07, 6.45) is 0. The molecule has 21 heavy (non-hydrogen) atoms. The molecule has 0 radical (unpaired) electrons. The summed E-state index contributed by atoms with van der Waals surface area (Å²) in [4.78, 5) is 20.3. The zero-order valence-electron chi connectivity index (χ0n) is 10.6. The van der Waals surface area contributed by atoms with Gasteiger partial charge in [0.05, 0.1) is 17.5 Å². The van der Waals surface area contributed by atoms with Crippen molar-refractivity contribution in [2.45, 2.75) is 0 Å². The van der Waals surface area contributed by atoms with Crippen LogP contribution in [-0.2, 0) is 4.79 Å². The third-order valence-electron chi connectivity index (χ3n) is 2.89. The number of hydrogen-bond acceptors (Lipinski definition) is 6. The molecule has 0 aliphatic carbocycles. The van der Waals surface area contributed by atoms with Crippen molar-refractivity contribution in [3.05, 3.63) is 38.7 Å². The third kappa shape index (κ3) is 2.51. The van der Waals surface area contributed by atoms with Gasteiger partial charge in [-0.3, -0.25) is 4.79 Å². The van der Waals surface area contributed by atoms with E-state index in [1.165, 1.54) is 0 Å². The average Bonchev–Trinajstić information content (AvgIpc) is 2.95. The SMILES string of the molecule is O=C1N=c2ccc(Cl)cc2=C1c1sc(NCCO)nc1O. The topological polar surface area (TPSA) is 94.8 Å². The first-order valence-corrected chi connectivity index (χ1v) is 7.27. The van der Waals surface area contributed by atoms with E-state index >= 15 is 0 Å². The molecule has 0 saturated heterocycles. The van der Waals surface area contributed by atoms with E-state index in [1.54, 1.807) is 18.2 Å². The number of aromatic nitrogens is 1. The molecule has 6 nitrogen and oxygen atoms in total. The number of aromatic hydroxyl groups is 1. The number of nitrogens with one attached hydrogen (secondary N) is 1. The maximum Gasteiger partial charge on any atom is 0.279 e. The van der Waals surface area contributed by atoms with Gasteiger partial charge in [-0.15, -0.1) is 0 Å². The second-order valence-corrected chi connectivity index (χ2v) is 5.71. The summed E-state index contributed by atoms with van der Waals surface area (Å²) < 4.78 is 0. The Balaban J connectivity index is 2.16. The highest BCUT2D eigenvalue weighted by atomic mass is 35.5. The van der Waals surface area contributed by atoms with Crippen LogP contribution in [0.25, 0.3) is 5.57 Å². The van der Waals surface area contributed by atoms with E-state index in [0.717, 1.165) is 11.3 Å². The first-order chi connectivity index (χ1) is 10.1. The van der Waals surface area contributed by atoms with E-state index in [0.29, 0.717) is 37.7 Å². The molecule has 1 aromatic heterocycles. The van der Waals surface area contributed by atoms with E-state index in [9.17, 15) is 9.90 Å². The molecule has 1 aliphatic heterocycles. The van der Waals surface area contributed by atoms with Crippen molar-refractivity contribution in [3.8, 4) is 5.88 Å². The largest absolute Gasteiger partial charge is 0.492 e. The Hall–Kier alpha value is -1.96. The van der Waals surface area contributed by atoms with Gasteiger partial charge in [-0.2, -0.15) is 4.98 Å². The highest BCUT2D eigenvalue weighted by molar-refractivity contribution is 7.17. The molecule has 1 aromatic carbocycles. The summed E-state index contributed by atoms with van der Waals surface area (Å²) in [5.41, 5.74) is 0.291. The quantitative estimate of drug-likeness (QED) is 0.750. The minimum Gasteiger partial charge on any atom is -0.492 e. The Kier molecular flexibility index (Phi) is 3.62. The fourth-order valence-electron chi connectivity index (χ4n) is 2.02. The highest BCUT2D eigenvalue weighted by Crippen LogP contribution is 2.33. The van der Waals surface area contributed by atoms with Gasteiger partial charge in [0.1, 0.15) is 4.88 Å². The van der Waals surface area contributed by atoms with E-state index in [-0.39, 0.29) is 12.5 Å². The maximum atomic E-state index is 12.1. The molecule has 8 heteroatoms. The fourth-order valence-corrected chi connectivity index (χ4v) is 3.13. The number of anilines is 1. The molecule has 0 atom stereocenters. The van der Waals surface area contributed by atoms with Crippen molar-refractivity contribution >= 4 is 39.5 Å². The lowest BCUT2D eigenvalue weighted by Crippen LogP contribution is -2.22. The summed E-state index contributed by atoms with van der Waals surface area (Å²) in [5.74, 6) is -0.674. The maximum absolute atomic E-state index is 12.1. The van der Waals surface area contributed by atoms with Crippen LogP contribution in [0.4, 0.5) is 5.13 Å². The average molecular weight is 324 g/mol. The van der Waals surface area contributed by atoms with Gasteiger partial charge in [0.2, 0.25) is 5.88 Å². The second-order valence-electron chi connectivity index (χ2n) is 4.28. The number of nitrogens with zero attached hydrogens (tertiary/aromatic N) is 2.